The van der Waals surface area contributed by atoms with Gasteiger partial charge in [-0.2, -0.15) is 0 Å². The first-order chi connectivity index (χ1) is 12.8. The number of rotatable bonds is 2. The highest BCUT2D eigenvalue weighted by Gasteiger charge is 2.26. The number of hydrogen-bond acceptors (Lipinski definition) is 2. The highest BCUT2D eigenvalue weighted by atomic mass is 19.1. The summed E-state index contributed by atoms with van der Waals surface area (Å²) >= 11 is 0. The quantitative estimate of drug-likeness (QED) is 0.834. The van der Waals surface area contributed by atoms with Gasteiger partial charge in [-0.25, -0.2) is 13.6 Å². The SMILES string of the molecule is CC(C)(C)c1ccccc1N1CCN(C(=O)Nc2c(F)cccc2F)CC1. The largest absolute Gasteiger partial charge is 0.368 e. The van der Waals surface area contributed by atoms with Crippen molar-refractivity contribution in [1.82, 2.24) is 4.90 Å². The fraction of sp³-hybridized carbons (Fsp3) is 0.381. The number of hydrogen-bond donors (Lipinski definition) is 1. The number of halogens is 2. The normalized spacial score (nSPS) is 15.0. The highest BCUT2D eigenvalue weighted by molar-refractivity contribution is 5.89. The van der Waals surface area contributed by atoms with E-state index in [2.05, 4.69) is 43.1 Å². The Bertz CT molecular complexity index is 804. The van der Waals surface area contributed by atoms with Gasteiger partial charge in [0.1, 0.15) is 17.3 Å². The molecule has 1 fully saturated rings. The van der Waals surface area contributed by atoms with Crippen LogP contribution in [-0.2, 0) is 5.41 Å². The number of nitrogens with zero attached hydrogens (tertiary/aromatic N) is 2. The molecule has 2 aromatic carbocycles. The summed E-state index contributed by atoms with van der Waals surface area (Å²) in [5.74, 6) is -1.55. The molecular formula is C21H25F2N3O. The lowest BCUT2D eigenvalue weighted by molar-refractivity contribution is 0.208. The van der Waals surface area contributed by atoms with Gasteiger partial charge in [0.25, 0.3) is 0 Å². The minimum Gasteiger partial charge on any atom is -0.368 e. The number of amides is 2. The molecule has 0 aliphatic carbocycles. The van der Waals surface area contributed by atoms with Gasteiger partial charge in [0.05, 0.1) is 0 Å². The Labute approximate surface area is 158 Å². The first-order valence-electron chi connectivity index (χ1n) is 9.12. The summed E-state index contributed by atoms with van der Waals surface area (Å²) in [5, 5.41) is 2.36. The van der Waals surface area contributed by atoms with E-state index >= 15 is 0 Å². The first-order valence-corrected chi connectivity index (χ1v) is 9.12. The maximum absolute atomic E-state index is 13.7. The molecule has 0 atom stereocenters. The Hall–Kier alpha value is -2.63. The molecule has 1 heterocycles. The summed E-state index contributed by atoms with van der Waals surface area (Å²) in [6, 6.07) is 11.3. The minimum absolute atomic E-state index is 0.0213. The van der Waals surface area contributed by atoms with Crippen molar-refractivity contribution in [3.05, 3.63) is 59.7 Å². The zero-order chi connectivity index (χ0) is 19.6. The van der Waals surface area contributed by atoms with Crippen LogP contribution < -0.4 is 10.2 Å². The van der Waals surface area contributed by atoms with Crippen LogP contribution in [0.1, 0.15) is 26.3 Å². The number of carbonyl (C=O) groups excluding carboxylic acids is 1. The molecule has 0 unspecified atom stereocenters. The van der Waals surface area contributed by atoms with E-state index in [4.69, 9.17) is 0 Å². The molecule has 0 bridgehead atoms. The number of piperazine rings is 1. The van der Waals surface area contributed by atoms with E-state index in [9.17, 15) is 13.6 Å². The number of nitrogens with one attached hydrogen (secondary N) is 1. The van der Waals surface area contributed by atoms with E-state index in [1.165, 1.54) is 17.3 Å². The van der Waals surface area contributed by atoms with Gasteiger partial charge in [-0.1, -0.05) is 45.0 Å². The van der Waals surface area contributed by atoms with Gasteiger partial charge in [0, 0.05) is 31.9 Å². The third kappa shape index (κ3) is 4.21. The summed E-state index contributed by atoms with van der Waals surface area (Å²) in [4.78, 5) is 16.2. The second-order valence-corrected chi connectivity index (χ2v) is 7.77. The Morgan fingerprint density at radius 3 is 2.11 bits per heavy atom. The van der Waals surface area contributed by atoms with Crippen LogP contribution in [0.3, 0.4) is 0 Å². The summed E-state index contributed by atoms with van der Waals surface area (Å²) in [6.45, 7) is 8.84. The number of carbonyl (C=O) groups is 1. The van der Waals surface area contributed by atoms with E-state index in [1.807, 2.05) is 12.1 Å². The summed E-state index contributed by atoms with van der Waals surface area (Å²) in [6.07, 6.45) is 0. The zero-order valence-electron chi connectivity index (χ0n) is 15.9. The molecule has 1 N–H and O–H groups in total. The molecule has 6 heteroatoms. The van der Waals surface area contributed by atoms with Crippen molar-refractivity contribution >= 4 is 17.4 Å². The van der Waals surface area contributed by atoms with Crippen molar-refractivity contribution in [2.75, 3.05) is 36.4 Å². The standard InChI is InChI=1S/C21H25F2N3O/c1-21(2,3)15-7-4-5-10-18(15)25-11-13-26(14-12-25)20(27)24-19-16(22)8-6-9-17(19)23/h4-10H,11-14H2,1-3H3,(H,24,27). The summed E-state index contributed by atoms with van der Waals surface area (Å²) in [7, 11) is 0. The van der Waals surface area contributed by atoms with Crippen molar-refractivity contribution in [3.8, 4) is 0 Å². The predicted octanol–water partition coefficient (Wildman–Crippen LogP) is 4.62. The number of benzene rings is 2. The molecule has 0 saturated carbocycles. The second kappa shape index (κ2) is 7.55. The molecular weight excluding hydrogens is 348 g/mol. The minimum atomic E-state index is -0.777. The van der Waals surface area contributed by atoms with Crippen LogP contribution >= 0.6 is 0 Å². The van der Waals surface area contributed by atoms with Gasteiger partial charge < -0.3 is 15.1 Å². The molecule has 1 aliphatic heterocycles. The van der Waals surface area contributed by atoms with E-state index in [-0.39, 0.29) is 5.41 Å². The average Bonchev–Trinajstić information content (AvgIpc) is 2.64. The molecule has 4 nitrogen and oxygen atoms in total. The second-order valence-electron chi connectivity index (χ2n) is 7.77. The number of anilines is 2. The van der Waals surface area contributed by atoms with Crippen molar-refractivity contribution in [2.45, 2.75) is 26.2 Å². The maximum atomic E-state index is 13.7. The zero-order valence-corrected chi connectivity index (χ0v) is 15.9. The van der Waals surface area contributed by atoms with E-state index < -0.39 is 23.4 Å². The van der Waals surface area contributed by atoms with Crippen molar-refractivity contribution < 1.29 is 13.6 Å². The van der Waals surface area contributed by atoms with Crippen LogP contribution in [0.2, 0.25) is 0 Å². The molecule has 1 aliphatic rings. The number of urea groups is 1. The van der Waals surface area contributed by atoms with Crippen LogP contribution in [0.5, 0.6) is 0 Å². The monoisotopic (exact) mass is 373 g/mol. The lowest BCUT2D eigenvalue weighted by Crippen LogP contribution is -2.50. The Kier molecular flexibility index (Phi) is 5.35. The van der Waals surface area contributed by atoms with Gasteiger partial charge in [0.2, 0.25) is 0 Å². The summed E-state index contributed by atoms with van der Waals surface area (Å²) < 4.78 is 27.5. The Balaban J connectivity index is 1.67. The molecule has 3 rings (SSSR count). The lowest BCUT2D eigenvalue weighted by atomic mass is 9.85. The molecule has 27 heavy (non-hydrogen) atoms. The topological polar surface area (TPSA) is 35.6 Å². The molecule has 2 aromatic rings. The fourth-order valence-corrected chi connectivity index (χ4v) is 3.34. The van der Waals surface area contributed by atoms with Gasteiger partial charge in [-0.3, -0.25) is 0 Å². The van der Waals surface area contributed by atoms with Crippen molar-refractivity contribution in [2.24, 2.45) is 0 Å². The smallest absolute Gasteiger partial charge is 0.322 e. The molecule has 1 saturated heterocycles. The molecule has 0 radical (unpaired) electrons. The van der Waals surface area contributed by atoms with Gasteiger partial charge in [-0.15, -0.1) is 0 Å². The molecule has 144 valence electrons. The van der Waals surface area contributed by atoms with E-state index in [0.29, 0.717) is 26.2 Å². The van der Waals surface area contributed by atoms with Gasteiger partial charge in [0.15, 0.2) is 0 Å². The fourth-order valence-electron chi connectivity index (χ4n) is 3.34. The van der Waals surface area contributed by atoms with E-state index in [1.54, 1.807) is 4.90 Å². The Morgan fingerprint density at radius 1 is 0.926 bits per heavy atom. The molecule has 0 aromatic heterocycles. The first kappa shape index (κ1) is 19.1. The van der Waals surface area contributed by atoms with Crippen LogP contribution in [0.25, 0.3) is 0 Å². The Morgan fingerprint density at radius 2 is 1.52 bits per heavy atom. The third-order valence-electron chi connectivity index (χ3n) is 4.81. The third-order valence-corrected chi connectivity index (χ3v) is 4.81. The lowest BCUT2D eigenvalue weighted by Gasteiger charge is -2.38. The average molecular weight is 373 g/mol. The van der Waals surface area contributed by atoms with Crippen molar-refractivity contribution in [3.63, 3.8) is 0 Å². The molecule has 2 amide bonds. The van der Waals surface area contributed by atoms with Crippen LogP contribution in [0.15, 0.2) is 42.5 Å². The maximum Gasteiger partial charge on any atom is 0.322 e. The molecule has 0 spiro atoms. The highest BCUT2D eigenvalue weighted by Crippen LogP contribution is 2.32. The van der Waals surface area contributed by atoms with Crippen LogP contribution in [-0.4, -0.2) is 37.1 Å². The van der Waals surface area contributed by atoms with Crippen LogP contribution in [0, 0.1) is 11.6 Å². The predicted molar refractivity (Wildman–Crippen MR) is 104 cm³/mol. The summed E-state index contributed by atoms with van der Waals surface area (Å²) in [5.41, 5.74) is 2.05. The van der Waals surface area contributed by atoms with E-state index in [0.717, 1.165) is 12.1 Å². The van der Waals surface area contributed by atoms with Crippen LogP contribution in [0.4, 0.5) is 25.0 Å². The van der Waals surface area contributed by atoms with Gasteiger partial charge >= 0.3 is 6.03 Å². The van der Waals surface area contributed by atoms with Crippen molar-refractivity contribution in [1.29, 1.82) is 0 Å². The number of para-hydroxylation sites is 2. The van der Waals surface area contributed by atoms with Gasteiger partial charge in [-0.05, 0) is 29.2 Å².